The van der Waals surface area contributed by atoms with Gasteiger partial charge in [0.1, 0.15) is 0 Å². The molecule has 0 atom stereocenters. The largest absolute Gasteiger partial charge is 0.355 e. The first-order chi connectivity index (χ1) is 8.22. The van der Waals surface area contributed by atoms with Crippen LogP contribution in [0.1, 0.15) is 0 Å². The maximum atomic E-state index is 5.97. The minimum atomic E-state index is 0.763. The van der Waals surface area contributed by atoms with Crippen molar-refractivity contribution in [1.82, 2.24) is 4.98 Å². The molecule has 1 nitrogen and oxygen atoms in total. The monoisotopic (exact) mass is 305 g/mol. The molecule has 0 saturated heterocycles. The Morgan fingerprint density at radius 1 is 0.941 bits per heavy atom. The minimum Gasteiger partial charge on any atom is -0.355 e. The van der Waals surface area contributed by atoms with Crippen LogP contribution in [-0.2, 0) is 0 Å². The van der Waals surface area contributed by atoms with Crippen molar-refractivity contribution in [2.24, 2.45) is 0 Å². The Hall–Kier alpha value is -1.25. The standard InChI is InChI=1S/C14H9BrClN/c15-11-3-1-9(2-4-11)14-8-10-7-12(16)5-6-13(10)17-14/h1-8,17H. The van der Waals surface area contributed by atoms with Crippen molar-refractivity contribution in [2.75, 3.05) is 0 Å². The molecule has 84 valence electrons. The third-order valence-corrected chi connectivity index (χ3v) is 3.50. The maximum absolute atomic E-state index is 5.97. The van der Waals surface area contributed by atoms with E-state index in [1.165, 1.54) is 5.56 Å². The van der Waals surface area contributed by atoms with Crippen LogP contribution in [0.15, 0.2) is 53.0 Å². The molecule has 0 saturated carbocycles. The van der Waals surface area contributed by atoms with Crippen molar-refractivity contribution >= 4 is 38.4 Å². The second-order valence-electron chi connectivity index (χ2n) is 3.92. The van der Waals surface area contributed by atoms with Crippen LogP contribution in [0.3, 0.4) is 0 Å². The number of aromatic nitrogens is 1. The molecule has 0 aliphatic carbocycles. The Bertz CT molecular complexity index is 670. The topological polar surface area (TPSA) is 15.8 Å². The van der Waals surface area contributed by atoms with Crippen LogP contribution in [0.5, 0.6) is 0 Å². The van der Waals surface area contributed by atoms with Crippen molar-refractivity contribution < 1.29 is 0 Å². The van der Waals surface area contributed by atoms with Crippen LogP contribution in [0.2, 0.25) is 5.02 Å². The first-order valence-electron chi connectivity index (χ1n) is 5.26. The SMILES string of the molecule is Clc1ccc2[nH]c(-c3ccc(Br)cc3)cc2c1. The second-order valence-corrected chi connectivity index (χ2v) is 5.27. The van der Waals surface area contributed by atoms with Crippen molar-refractivity contribution in [1.29, 1.82) is 0 Å². The molecule has 0 amide bonds. The summed E-state index contributed by atoms with van der Waals surface area (Å²) in [6.07, 6.45) is 0. The number of H-pyrrole nitrogens is 1. The van der Waals surface area contributed by atoms with Crippen LogP contribution in [-0.4, -0.2) is 4.98 Å². The summed E-state index contributed by atoms with van der Waals surface area (Å²) in [5.74, 6) is 0. The fraction of sp³-hybridized carbons (Fsp3) is 0. The van der Waals surface area contributed by atoms with Crippen LogP contribution >= 0.6 is 27.5 Å². The van der Waals surface area contributed by atoms with Crippen LogP contribution in [0.4, 0.5) is 0 Å². The van der Waals surface area contributed by atoms with E-state index < -0.39 is 0 Å². The first kappa shape index (κ1) is 10.9. The first-order valence-corrected chi connectivity index (χ1v) is 6.44. The molecule has 1 heterocycles. The smallest absolute Gasteiger partial charge is 0.0464 e. The van der Waals surface area contributed by atoms with Crippen LogP contribution in [0, 0.1) is 0 Å². The zero-order valence-electron chi connectivity index (χ0n) is 8.87. The molecule has 3 heteroatoms. The highest BCUT2D eigenvalue weighted by atomic mass is 79.9. The predicted octanol–water partition coefficient (Wildman–Crippen LogP) is 5.25. The minimum absolute atomic E-state index is 0.763. The van der Waals surface area contributed by atoms with E-state index in [4.69, 9.17) is 11.6 Å². The van der Waals surface area contributed by atoms with E-state index in [1.807, 2.05) is 30.3 Å². The number of nitrogens with one attached hydrogen (secondary N) is 1. The number of hydrogen-bond donors (Lipinski definition) is 1. The molecule has 0 spiro atoms. The fourth-order valence-corrected chi connectivity index (χ4v) is 2.33. The predicted molar refractivity (Wildman–Crippen MR) is 76.4 cm³/mol. The fourth-order valence-electron chi connectivity index (χ4n) is 1.89. The Morgan fingerprint density at radius 3 is 2.47 bits per heavy atom. The van der Waals surface area contributed by atoms with Gasteiger partial charge >= 0.3 is 0 Å². The molecule has 0 aliphatic heterocycles. The van der Waals surface area contributed by atoms with E-state index in [2.05, 4.69) is 39.1 Å². The van der Waals surface area contributed by atoms with Gasteiger partial charge in [0.25, 0.3) is 0 Å². The van der Waals surface area contributed by atoms with Gasteiger partial charge in [-0.3, -0.25) is 0 Å². The molecule has 1 N–H and O–H groups in total. The molecule has 3 rings (SSSR count). The van der Waals surface area contributed by atoms with E-state index in [1.54, 1.807) is 0 Å². The van der Waals surface area contributed by atoms with E-state index >= 15 is 0 Å². The summed E-state index contributed by atoms with van der Waals surface area (Å²) in [7, 11) is 0. The van der Waals surface area contributed by atoms with Crippen LogP contribution in [0.25, 0.3) is 22.2 Å². The molecule has 1 aromatic heterocycles. The van der Waals surface area contributed by atoms with Gasteiger partial charge in [0, 0.05) is 26.1 Å². The summed E-state index contributed by atoms with van der Waals surface area (Å²) in [5.41, 5.74) is 3.38. The van der Waals surface area contributed by atoms with Crippen LogP contribution < -0.4 is 0 Å². The number of aromatic amines is 1. The zero-order valence-corrected chi connectivity index (χ0v) is 11.2. The lowest BCUT2D eigenvalue weighted by Crippen LogP contribution is -1.75. The summed E-state index contributed by atoms with van der Waals surface area (Å²) in [5, 5.41) is 1.90. The summed E-state index contributed by atoms with van der Waals surface area (Å²) >= 11 is 9.41. The maximum Gasteiger partial charge on any atom is 0.0464 e. The molecular formula is C14H9BrClN. The van der Waals surface area contributed by atoms with Gasteiger partial charge in [0.2, 0.25) is 0 Å². The van der Waals surface area contributed by atoms with E-state index in [-0.39, 0.29) is 0 Å². The lowest BCUT2D eigenvalue weighted by molar-refractivity contribution is 1.45. The highest BCUT2D eigenvalue weighted by Crippen LogP contribution is 2.27. The number of benzene rings is 2. The van der Waals surface area contributed by atoms with E-state index in [0.717, 1.165) is 26.1 Å². The van der Waals surface area contributed by atoms with Gasteiger partial charge in [-0.2, -0.15) is 0 Å². The molecule has 0 fully saturated rings. The second kappa shape index (κ2) is 4.21. The van der Waals surface area contributed by atoms with Crippen molar-refractivity contribution in [3.8, 4) is 11.3 Å². The average Bonchev–Trinajstić information content (AvgIpc) is 2.72. The van der Waals surface area contributed by atoms with Gasteiger partial charge < -0.3 is 4.98 Å². The lowest BCUT2D eigenvalue weighted by Gasteiger charge is -1.97. The van der Waals surface area contributed by atoms with Gasteiger partial charge in [-0.1, -0.05) is 39.7 Å². The van der Waals surface area contributed by atoms with Crippen molar-refractivity contribution in [3.63, 3.8) is 0 Å². The molecule has 0 bridgehead atoms. The quantitative estimate of drug-likeness (QED) is 0.632. The Labute approximate surface area is 113 Å². The third-order valence-electron chi connectivity index (χ3n) is 2.74. The average molecular weight is 307 g/mol. The number of halogens is 2. The number of hydrogen-bond acceptors (Lipinski definition) is 0. The molecule has 2 aromatic carbocycles. The van der Waals surface area contributed by atoms with E-state index in [9.17, 15) is 0 Å². The normalized spacial score (nSPS) is 10.9. The summed E-state index contributed by atoms with van der Waals surface area (Å²) in [6.45, 7) is 0. The van der Waals surface area contributed by atoms with Gasteiger partial charge in [-0.25, -0.2) is 0 Å². The molecule has 3 aromatic rings. The summed E-state index contributed by atoms with van der Waals surface area (Å²) in [4.78, 5) is 3.38. The zero-order chi connectivity index (χ0) is 11.8. The third kappa shape index (κ3) is 2.11. The Kier molecular flexibility index (Phi) is 2.69. The highest BCUT2D eigenvalue weighted by Gasteiger charge is 2.03. The number of fused-ring (bicyclic) bond motifs is 1. The Morgan fingerprint density at radius 2 is 1.71 bits per heavy atom. The Balaban J connectivity index is 2.14. The lowest BCUT2D eigenvalue weighted by atomic mass is 10.1. The van der Waals surface area contributed by atoms with Gasteiger partial charge in [-0.15, -0.1) is 0 Å². The van der Waals surface area contributed by atoms with Gasteiger partial charge in [0.15, 0.2) is 0 Å². The molecule has 0 radical (unpaired) electrons. The van der Waals surface area contributed by atoms with Gasteiger partial charge in [0.05, 0.1) is 0 Å². The summed E-state index contributed by atoms with van der Waals surface area (Å²) in [6, 6.07) is 16.2. The molecule has 0 aliphatic rings. The molecule has 0 unspecified atom stereocenters. The number of rotatable bonds is 1. The van der Waals surface area contributed by atoms with Gasteiger partial charge in [-0.05, 0) is 42.0 Å². The van der Waals surface area contributed by atoms with E-state index in [0.29, 0.717) is 0 Å². The van der Waals surface area contributed by atoms with Crippen molar-refractivity contribution in [3.05, 3.63) is 58.0 Å². The summed E-state index contributed by atoms with van der Waals surface area (Å²) < 4.78 is 1.08. The van der Waals surface area contributed by atoms with Crippen molar-refractivity contribution in [2.45, 2.75) is 0 Å². The molecule has 17 heavy (non-hydrogen) atoms. The highest BCUT2D eigenvalue weighted by molar-refractivity contribution is 9.10. The molecular weight excluding hydrogens is 298 g/mol.